The van der Waals surface area contributed by atoms with Crippen LogP contribution in [0.3, 0.4) is 0 Å². The first-order valence-corrected chi connectivity index (χ1v) is 9.79. The number of hydrogen-bond donors (Lipinski definition) is 0. The van der Waals surface area contributed by atoms with E-state index in [1.165, 1.54) is 0 Å². The third-order valence-electron chi connectivity index (χ3n) is 4.66. The highest BCUT2D eigenvalue weighted by atomic mass is 79.9. The van der Waals surface area contributed by atoms with Crippen LogP contribution in [0.25, 0.3) is 5.57 Å². The lowest BCUT2D eigenvalue weighted by molar-refractivity contribution is -0.157. The monoisotopic (exact) mass is 410 g/mol. The molecule has 1 aliphatic carbocycles. The number of alkyl halides is 2. The van der Waals surface area contributed by atoms with E-state index in [4.69, 9.17) is 14.2 Å². The zero-order valence-electron chi connectivity index (χ0n) is 14.5. The number of benzene rings is 1. The molecule has 0 radical (unpaired) electrons. The summed E-state index contributed by atoms with van der Waals surface area (Å²) in [6.45, 7) is 1.16. The zero-order valence-corrected chi connectivity index (χ0v) is 16.1. The van der Waals surface area contributed by atoms with E-state index in [-0.39, 0.29) is 11.6 Å². The molecular weight excluding hydrogens is 387 g/mol. The van der Waals surface area contributed by atoms with Gasteiger partial charge in [0.1, 0.15) is 11.4 Å². The molecule has 1 aromatic rings. The Labute approximate surface area is 157 Å². The van der Waals surface area contributed by atoms with Crippen molar-refractivity contribution in [1.82, 2.24) is 0 Å². The van der Waals surface area contributed by atoms with Crippen molar-refractivity contribution in [3.8, 4) is 5.75 Å². The summed E-state index contributed by atoms with van der Waals surface area (Å²) < 4.78 is 32.3. The van der Waals surface area contributed by atoms with Crippen molar-refractivity contribution < 1.29 is 18.6 Å². The first kappa shape index (κ1) is 18.6. The molecule has 5 heteroatoms. The van der Waals surface area contributed by atoms with Gasteiger partial charge < -0.3 is 14.2 Å². The second-order valence-electron chi connectivity index (χ2n) is 6.52. The number of allylic oxidation sites excluding steroid dienone is 3. The minimum atomic E-state index is -1.47. The van der Waals surface area contributed by atoms with Crippen LogP contribution in [0.2, 0.25) is 0 Å². The SMILES string of the molecule is COc1cccc(C2=CC=C(COC3CCCCO3)CC2(F)CBr)c1. The summed E-state index contributed by atoms with van der Waals surface area (Å²) >= 11 is 3.36. The largest absolute Gasteiger partial charge is 0.497 e. The summed E-state index contributed by atoms with van der Waals surface area (Å²) in [4.78, 5) is 0. The fraction of sp³-hybridized carbons (Fsp3) is 0.500. The lowest BCUT2D eigenvalue weighted by atomic mass is 9.82. The van der Waals surface area contributed by atoms with Gasteiger partial charge in [-0.3, -0.25) is 0 Å². The Morgan fingerprint density at radius 2 is 2.20 bits per heavy atom. The van der Waals surface area contributed by atoms with Crippen molar-refractivity contribution in [2.24, 2.45) is 0 Å². The molecule has 3 rings (SSSR count). The Hall–Kier alpha value is -1.17. The first-order chi connectivity index (χ1) is 12.1. The fourth-order valence-electron chi connectivity index (χ4n) is 3.27. The molecule has 25 heavy (non-hydrogen) atoms. The molecule has 1 aliphatic heterocycles. The molecule has 0 aromatic heterocycles. The van der Waals surface area contributed by atoms with Gasteiger partial charge in [-0.25, -0.2) is 4.39 Å². The smallest absolute Gasteiger partial charge is 0.158 e. The topological polar surface area (TPSA) is 27.7 Å². The Morgan fingerprint density at radius 1 is 1.32 bits per heavy atom. The minimum Gasteiger partial charge on any atom is -0.497 e. The predicted octanol–water partition coefficient (Wildman–Crippen LogP) is 5.06. The van der Waals surface area contributed by atoms with E-state index in [0.717, 1.165) is 42.8 Å². The van der Waals surface area contributed by atoms with Crippen LogP contribution in [0.15, 0.2) is 42.0 Å². The molecule has 0 N–H and O–H groups in total. The van der Waals surface area contributed by atoms with Crippen LogP contribution in [0.4, 0.5) is 4.39 Å². The third-order valence-corrected chi connectivity index (χ3v) is 5.55. The van der Waals surface area contributed by atoms with Crippen LogP contribution >= 0.6 is 15.9 Å². The summed E-state index contributed by atoms with van der Waals surface area (Å²) in [5, 5.41) is 0.236. The maximum absolute atomic E-state index is 15.6. The van der Waals surface area contributed by atoms with E-state index in [1.54, 1.807) is 7.11 Å². The number of methoxy groups -OCH3 is 1. The maximum atomic E-state index is 15.6. The quantitative estimate of drug-likeness (QED) is 0.613. The highest BCUT2D eigenvalue weighted by Crippen LogP contribution is 2.41. The van der Waals surface area contributed by atoms with Crippen LogP contribution in [0, 0.1) is 0 Å². The van der Waals surface area contributed by atoms with E-state index in [1.807, 2.05) is 36.4 Å². The van der Waals surface area contributed by atoms with Crippen LogP contribution < -0.4 is 4.74 Å². The van der Waals surface area contributed by atoms with Gasteiger partial charge in [-0.2, -0.15) is 0 Å². The second-order valence-corrected chi connectivity index (χ2v) is 7.08. The molecule has 1 fully saturated rings. The van der Waals surface area contributed by atoms with Crippen LogP contribution in [-0.4, -0.2) is 37.6 Å². The summed E-state index contributed by atoms with van der Waals surface area (Å²) in [5.74, 6) is 0.725. The molecule has 1 aromatic carbocycles. The van der Waals surface area contributed by atoms with Crippen LogP contribution in [-0.2, 0) is 9.47 Å². The Kier molecular flexibility index (Phi) is 6.31. The van der Waals surface area contributed by atoms with Gasteiger partial charge in [-0.15, -0.1) is 0 Å². The van der Waals surface area contributed by atoms with Gasteiger partial charge in [-0.1, -0.05) is 40.2 Å². The van der Waals surface area contributed by atoms with Crippen LogP contribution in [0.5, 0.6) is 5.75 Å². The number of hydrogen-bond acceptors (Lipinski definition) is 3. The number of rotatable bonds is 6. The van der Waals surface area contributed by atoms with Crippen molar-refractivity contribution in [2.45, 2.75) is 37.6 Å². The standard InChI is InChI=1S/C20H24BrFO3/c1-23-17-6-4-5-16(11-17)18-9-8-15(12-20(18,22)14-21)13-25-19-7-2-3-10-24-19/h4-6,8-9,11,19H,2-3,7,10,12-14H2,1H3. The zero-order chi connectivity index (χ0) is 17.7. The number of ether oxygens (including phenoxy) is 3. The fourth-order valence-corrected chi connectivity index (χ4v) is 3.77. The molecule has 0 saturated carbocycles. The Bertz CT molecular complexity index is 652. The van der Waals surface area contributed by atoms with Gasteiger partial charge in [0.25, 0.3) is 0 Å². The average molecular weight is 411 g/mol. The molecule has 1 heterocycles. The molecule has 0 amide bonds. The van der Waals surface area contributed by atoms with Gasteiger partial charge in [0.15, 0.2) is 6.29 Å². The van der Waals surface area contributed by atoms with Crippen molar-refractivity contribution in [2.75, 3.05) is 25.7 Å². The van der Waals surface area contributed by atoms with E-state index in [0.29, 0.717) is 18.6 Å². The highest BCUT2D eigenvalue weighted by Gasteiger charge is 2.37. The van der Waals surface area contributed by atoms with Gasteiger partial charge in [0, 0.05) is 18.4 Å². The molecule has 2 aliphatic rings. The summed E-state index contributed by atoms with van der Waals surface area (Å²) in [5.41, 5.74) is 0.990. The molecule has 0 bridgehead atoms. The van der Waals surface area contributed by atoms with Crippen molar-refractivity contribution in [3.63, 3.8) is 0 Å². The Balaban J connectivity index is 1.75. The second kappa shape index (κ2) is 8.47. The molecule has 3 nitrogen and oxygen atoms in total. The molecule has 136 valence electrons. The molecule has 2 unspecified atom stereocenters. The van der Waals surface area contributed by atoms with Gasteiger partial charge >= 0.3 is 0 Å². The minimum absolute atomic E-state index is 0.156. The normalized spacial score (nSPS) is 26.8. The summed E-state index contributed by atoms with van der Waals surface area (Å²) in [6, 6.07) is 7.52. The first-order valence-electron chi connectivity index (χ1n) is 8.67. The molecule has 2 atom stereocenters. The Morgan fingerprint density at radius 3 is 2.92 bits per heavy atom. The maximum Gasteiger partial charge on any atom is 0.158 e. The lowest BCUT2D eigenvalue weighted by Gasteiger charge is -2.31. The molecule has 0 spiro atoms. The van der Waals surface area contributed by atoms with Gasteiger partial charge in [-0.05, 0) is 48.1 Å². The molecular formula is C20H24BrFO3. The third kappa shape index (κ3) is 4.52. The van der Waals surface area contributed by atoms with Crippen molar-refractivity contribution in [3.05, 3.63) is 47.6 Å². The van der Waals surface area contributed by atoms with Crippen molar-refractivity contribution in [1.29, 1.82) is 0 Å². The lowest BCUT2D eigenvalue weighted by Crippen LogP contribution is -2.31. The van der Waals surface area contributed by atoms with Gasteiger partial charge in [0.05, 0.1) is 13.7 Å². The summed E-state index contributed by atoms with van der Waals surface area (Å²) in [7, 11) is 1.62. The highest BCUT2D eigenvalue weighted by molar-refractivity contribution is 9.09. The van der Waals surface area contributed by atoms with Crippen molar-refractivity contribution >= 4 is 21.5 Å². The number of halogens is 2. The van der Waals surface area contributed by atoms with E-state index in [2.05, 4.69) is 15.9 Å². The molecule has 1 saturated heterocycles. The van der Waals surface area contributed by atoms with E-state index >= 15 is 4.39 Å². The summed E-state index contributed by atoms with van der Waals surface area (Å²) in [6.07, 6.45) is 7.12. The van der Waals surface area contributed by atoms with Gasteiger partial charge in [0.2, 0.25) is 0 Å². The van der Waals surface area contributed by atoms with E-state index in [9.17, 15) is 0 Å². The average Bonchev–Trinajstić information content (AvgIpc) is 2.67. The van der Waals surface area contributed by atoms with Crippen LogP contribution in [0.1, 0.15) is 31.2 Å². The predicted molar refractivity (Wildman–Crippen MR) is 101 cm³/mol. The van der Waals surface area contributed by atoms with E-state index < -0.39 is 5.67 Å².